The summed E-state index contributed by atoms with van der Waals surface area (Å²) >= 11 is 0. The van der Waals surface area contributed by atoms with Crippen molar-refractivity contribution in [1.29, 1.82) is 0 Å². The van der Waals surface area contributed by atoms with Crippen LogP contribution in [0.4, 0.5) is 13.2 Å². The maximum Gasteiger partial charge on any atom is 0.416 e. The van der Waals surface area contributed by atoms with E-state index in [0.717, 1.165) is 44.5 Å². The predicted octanol–water partition coefficient (Wildman–Crippen LogP) is 4.25. The van der Waals surface area contributed by atoms with Crippen LogP contribution in [0.2, 0.25) is 0 Å². The van der Waals surface area contributed by atoms with Gasteiger partial charge in [0.2, 0.25) is 0 Å². The number of ether oxygens (including phenoxy) is 1. The lowest BCUT2D eigenvalue weighted by atomic mass is 10.2. The summed E-state index contributed by atoms with van der Waals surface area (Å²) in [5, 5.41) is 3.28. The topological polar surface area (TPSA) is 21.3 Å². The fourth-order valence-electron chi connectivity index (χ4n) is 1.85. The maximum absolute atomic E-state index is 12.6. The SMILES string of the molecule is CCCNCCCC(C)Oc1cccc(C(F)(F)F)c1. The molecule has 20 heavy (non-hydrogen) atoms. The van der Waals surface area contributed by atoms with Gasteiger partial charge in [0, 0.05) is 0 Å². The molecule has 0 bridgehead atoms. The minimum absolute atomic E-state index is 0.0955. The highest BCUT2D eigenvalue weighted by atomic mass is 19.4. The Labute approximate surface area is 118 Å². The minimum Gasteiger partial charge on any atom is -0.491 e. The number of halogens is 3. The number of hydrogen-bond acceptors (Lipinski definition) is 2. The van der Waals surface area contributed by atoms with Crippen molar-refractivity contribution in [3.05, 3.63) is 29.8 Å². The van der Waals surface area contributed by atoms with E-state index in [-0.39, 0.29) is 11.9 Å². The zero-order chi connectivity index (χ0) is 15.0. The first-order valence-electron chi connectivity index (χ1n) is 6.98. The molecule has 1 N–H and O–H groups in total. The zero-order valence-electron chi connectivity index (χ0n) is 12.0. The Bertz CT molecular complexity index is 393. The Hall–Kier alpha value is -1.23. The number of alkyl halides is 3. The van der Waals surface area contributed by atoms with Gasteiger partial charge in [-0.15, -0.1) is 0 Å². The lowest BCUT2D eigenvalue weighted by Gasteiger charge is -2.16. The van der Waals surface area contributed by atoms with E-state index in [0.29, 0.717) is 0 Å². The Kier molecular flexibility index (Phi) is 6.85. The van der Waals surface area contributed by atoms with Crippen LogP contribution in [-0.4, -0.2) is 19.2 Å². The highest BCUT2D eigenvalue weighted by Gasteiger charge is 2.30. The molecule has 1 atom stereocenters. The third-order valence-electron chi connectivity index (χ3n) is 2.89. The molecular weight excluding hydrogens is 267 g/mol. The van der Waals surface area contributed by atoms with Gasteiger partial charge in [0.1, 0.15) is 5.75 Å². The van der Waals surface area contributed by atoms with E-state index < -0.39 is 11.7 Å². The van der Waals surface area contributed by atoms with E-state index in [9.17, 15) is 13.2 Å². The van der Waals surface area contributed by atoms with Crippen LogP contribution in [0.3, 0.4) is 0 Å². The normalized spacial score (nSPS) is 13.2. The van der Waals surface area contributed by atoms with Crippen molar-refractivity contribution in [2.75, 3.05) is 13.1 Å². The number of benzene rings is 1. The number of hydrogen-bond donors (Lipinski definition) is 1. The van der Waals surface area contributed by atoms with E-state index in [4.69, 9.17) is 4.74 Å². The van der Waals surface area contributed by atoms with E-state index >= 15 is 0 Å². The van der Waals surface area contributed by atoms with Gasteiger partial charge < -0.3 is 10.1 Å². The lowest BCUT2D eigenvalue weighted by molar-refractivity contribution is -0.137. The van der Waals surface area contributed by atoms with Crippen molar-refractivity contribution in [3.63, 3.8) is 0 Å². The first-order chi connectivity index (χ1) is 9.43. The molecule has 0 aliphatic rings. The van der Waals surface area contributed by atoms with Gasteiger partial charge in [-0.05, 0) is 57.5 Å². The molecule has 0 aliphatic carbocycles. The average molecular weight is 289 g/mol. The zero-order valence-corrected chi connectivity index (χ0v) is 12.0. The van der Waals surface area contributed by atoms with Crippen LogP contribution in [0.5, 0.6) is 5.75 Å². The van der Waals surface area contributed by atoms with E-state index in [1.807, 2.05) is 6.92 Å². The second-order valence-electron chi connectivity index (χ2n) is 4.85. The molecule has 0 aliphatic heterocycles. The van der Waals surface area contributed by atoms with Crippen LogP contribution in [0.15, 0.2) is 24.3 Å². The molecular formula is C15H22F3NO. The molecule has 1 rings (SSSR count). The Morgan fingerprint density at radius 1 is 1.25 bits per heavy atom. The second-order valence-corrected chi connectivity index (χ2v) is 4.85. The van der Waals surface area contributed by atoms with Gasteiger partial charge in [0.15, 0.2) is 0 Å². The highest BCUT2D eigenvalue weighted by molar-refractivity contribution is 5.30. The molecule has 1 aromatic carbocycles. The summed E-state index contributed by atoms with van der Waals surface area (Å²) < 4.78 is 43.2. The molecule has 1 unspecified atom stereocenters. The molecule has 114 valence electrons. The maximum atomic E-state index is 12.6. The third-order valence-corrected chi connectivity index (χ3v) is 2.89. The predicted molar refractivity (Wildman–Crippen MR) is 73.9 cm³/mol. The van der Waals surface area contributed by atoms with Gasteiger partial charge in [0.25, 0.3) is 0 Å². The standard InChI is InChI=1S/C15H22F3NO/c1-3-9-19-10-5-6-12(2)20-14-8-4-7-13(11-14)15(16,17)18/h4,7-8,11-12,19H,3,5-6,9-10H2,1-2H3. The van der Waals surface area contributed by atoms with Crippen LogP contribution in [0.25, 0.3) is 0 Å². The van der Waals surface area contributed by atoms with Gasteiger partial charge >= 0.3 is 6.18 Å². The Morgan fingerprint density at radius 2 is 2.00 bits per heavy atom. The molecule has 0 amide bonds. The molecule has 0 aromatic heterocycles. The molecule has 0 fully saturated rings. The molecule has 2 nitrogen and oxygen atoms in total. The van der Waals surface area contributed by atoms with Crippen LogP contribution in [0, 0.1) is 0 Å². The van der Waals surface area contributed by atoms with Crippen LogP contribution < -0.4 is 10.1 Å². The van der Waals surface area contributed by atoms with Crippen molar-refractivity contribution in [1.82, 2.24) is 5.32 Å². The summed E-state index contributed by atoms with van der Waals surface area (Å²) in [4.78, 5) is 0. The molecule has 0 saturated carbocycles. The monoisotopic (exact) mass is 289 g/mol. The lowest BCUT2D eigenvalue weighted by Crippen LogP contribution is -2.19. The molecule has 1 aromatic rings. The van der Waals surface area contributed by atoms with Crippen LogP contribution in [-0.2, 0) is 6.18 Å². The summed E-state index contributed by atoms with van der Waals surface area (Å²) in [5.41, 5.74) is -0.674. The quantitative estimate of drug-likeness (QED) is 0.722. The molecule has 0 saturated heterocycles. The fourth-order valence-corrected chi connectivity index (χ4v) is 1.85. The first kappa shape index (κ1) is 16.8. The van der Waals surface area contributed by atoms with Crippen molar-refractivity contribution < 1.29 is 17.9 Å². The fraction of sp³-hybridized carbons (Fsp3) is 0.600. The number of rotatable bonds is 8. The van der Waals surface area contributed by atoms with Crippen molar-refractivity contribution in [2.24, 2.45) is 0 Å². The minimum atomic E-state index is -4.33. The molecule has 0 radical (unpaired) electrons. The van der Waals surface area contributed by atoms with Gasteiger partial charge in [-0.2, -0.15) is 13.2 Å². The smallest absolute Gasteiger partial charge is 0.416 e. The molecule has 0 spiro atoms. The summed E-state index contributed by atoms with van der Waals surface area (Å²) in [6.07, 6.45) is -1.57. The van der Waals surface area contributed by atoms with Gasteiger partial charge in [-0.25, -0.2) is 0 Å². The third kappa shape index (κ3) is 6.28. The number of nitrogens with one attached hydrogen (secondary N) is 1. The Morgan fingerprint density at radius 3 is 2.65 bits per heavy atom. The van der Waals surface area contributed by atoms with Gasteiger partial charge in [-0.3, -0.25) is 0 Å². The van der Waals surface area contributed by atoms with Crippen molar-refractivity contribution >= 4 is 0 Å². The van der Waals surface area contributed by atoms with E-state index in [1.165, 1.54) is 6.07 Å². The highest BCUT2D eigenvalue weighted by Crippen LogP contribution is 2.31. The molecule has 5 heteroatoms. The first-order valence-corrected chi connectivity index (χ1v) is 6.98. The summed E-state index contributed by atoms with van der Waals surface area (Å²) in [7, 11) is 0. The summed E-state index contributed by atoms with van der Waals surface area (Å²) in [6.45, 7) is 5.87. The van der Waals surface area contributed by atoms with Crippen LogP contribution in [0.1, 0.15) is 38.7 Å². The average Bonchev–Trinajstić information content (AvgIpc) is 2.38. The largest absolute Gasteiger partial charge is 0.491 e. The van der Waals surface area contributed by atoms with Crippen LogP contribution >= 0.6 is 0 Å². The van der Waals surface area contributed by atoms with E-state index in [1.54, 1.807) is 6.07 Å². The van der Waals surface area contributed by atoms with Crippen molar-refractivity contribution in [2.45, 2.75) is 45.4 Å². The summed E-state index contributed by atoms with van der Waals surface area (Å²) in [5.74, 6) is 0.272. The van der Waals surface area contributed by atoms with E-state index in [2.05, 4.69) is 12.2 Å². The van der Waals surface area contributed by atoms with Gasteiger partial charge in [0.05, 0.1) is 11.7 Å². The Balaban J connectivity index is 2.40. The van der Waals surface area contributed by atoms with Gasteiger partial charge in [-0.1, -0.05) is 13.0 Å². The van der Waals surface area contributed by atoms with Crippen molar-refractivity contribution in [3.8, 4) is 5.75 Å². The molecule has 0 heterocycles. The second kappa shape index (κ2) is 8.15. The summed E-state index contributed by atoms with van der Waals surface area (Å²) in [6, 6.07) is 5.02.